The number of ether oxygens (including phenoxy) is 6. The summed E-state index contributed by atoms with van der Waals surface area (Å²) in [6.07, 6.45) is 11.4. The Morgan fingerprint density at radius 2 is 1.63 bits per heavy atom. The Kier molecular flexibility index (Phi) is 15.1. The van der Waals surface area contributed by atoms with Gasteiger partial charge in [0, 0.05) is 37.6 Å². The predicted molar refractivity (Wildman–Crippen MR) is 202 cm³/mol. The number of fused-ring (bicyclic) bond motifs is 1. The Labute approximate surface area is 321 Å². The first kappa shape index (κ1) is 40.9. The van der Waals surface area contributed by atoms with E-state index in [1.807, 2.05) is 0 Å². The molecule has 15 nitrogen and oxygen atoms in total. The van der Waals surface area contributed by atoms with Gasteiger partial charge in [0.1, 0.15) is 18.8 Å². The van der Waals surface area contributed by atoms with E-state index in [0.717, 1.165) is 63.1 Å². The highest BCUT2D eigenvalue weighted by atomic mass is 35.5. The molecule has 1 spiro atoms. The fraction of sp³-hybridized carbons (Fsp3) is 0.649. The molecule has 1 aliphatic carbocycles. The first-order valence-electron chi connectivity index (χ1n) is 18.7. The third kappa shape index (κ3) is 11.7. The van der Waals surface area contributed by atoms with Crippen molar-refractivity contribution in [3.05, 3.63) is 47.4 Å². The van der Waals surface area contributed by atoms with Gasteiger partial charge in [0.2, 0.25) is 5.28 Å². The van der Waals surface area contributed by atoms with Crippen LogP contribution in [0, 0.1) is 17.8 Å². The van der Waals surface area contributed by atoms with Crippen LogP contribution in [0.4, 0.5) is 5.82 Å². The summed E-state index contributed by atoms with van der Waals surface area (Å²) < 4.78 is 46.5. The van der Waals surface area contributed by atoms with E-state index in [1.54, 1.807) is 10.9 Å². The summed E-state index contributed by atoms with van der Waals surface area (Å²) in [5.41, 5.74) is 2.14. The minimum Gasteiger partial charge on any atom is -0.378 e. The van der Waals surface area contributed by atoms with Crippen LogP contribution in [0.25, 0.3) is 11.0 Å². The molecule has 1 unspecified atom stereocenters. The third-order valence-electron chi connectivity index (χ3n) is 10.3. The topological polar surface area (TPSA) is 163 Å². The second kappa shape index (κ2) is 19.9. The number of anilines is 1. The normalized spacial score (nSPS) is 20.2. The van der Waals surface area contributed by atoms with E-state index in [4.69, 9.17) is 56.2 Å². The van der Waals surface area contributed by atoms with Crippen LogP contribution in [0.1, 0.15) is 50.3 Å². The Bertz CT molecular complexity index is 1690. The van der Waals surface area contributed by atoms with E-state index in [2.05, 4.69) is 61.1 Å². The van der Waals surface area contributed by atoms with Crippen LogP contribution >= 0.6 is 19.2 Å². The van der Waals surface area contributed by atoms with Crippen molar-refractivity contribution >= 4 is 36.0 Å². The van der Waals surface area contributed by atoms with Gasteiger partial charge in [-0.3, -0.25) is 9.46 Å². The fourth-order valence-electron chi connectivity index (χ4n) is 7.62. The maximum Gasteiger partial charge on any atom is 0.350 e. The Morgan fingerprint density at radius 1 is 0.944 bits per heavy atom. The fourth-order valence-corrected chi connectivity index (χ4v) is 8.12. The van der Waals surface area contributed by atoms with Crippen molar-refractivity contribution in [2.75, 3.05) is 90.3 Å². The van der Waals surface area contributed by atoms with E-state index < -0.39 is 13.9 Å². The molecule has 3 aliphatic rings. The molecule has 3 aromatic rings. The summed E-state index contributed by atoms with van der Waals surface area (Å²) in [6, 6.07) is 11.1. The van der Waals surface area contributed by atoms with Crippen molar-refractivity contribution in [1.82, 2.24) is 24.6 Å². The largest absolute Gasteiger partial charge is 0.378 e. The average Bonchev–Trinajstić information content (AvgIpc) is 3.79. The molecule has 0 amide bonds. The van der Waals surface area contributed by atoms with Gasteiger partial charge in [0.15, 0.2) is 11.9 Å². The SMILES string of the molecule is C#CCOCCOCCOCCOCCN(Cc1ccccc1)C1CCC2(CC1)CN(c1nc(Cl)nc3c1cnn3[C@H]1CCC(COCP(=O)(O)O)O1)C2. The van der Waals surface area contributed by atoms with Crippen molar-refractivity contribution in [3.8, 4) is 12.3 Å². The van der Waals surface area contributed by atoms with Gasteiger partial charge in [0.25, 0.3) is 0 Å². The zero-order valence-electron chi connectivity index (χ0n) is 30.7. The summed E-state index contributed by atoms with van der Waals surface area (Å²) in [5.74, 6) is 3.21. The van der Waals surface area contributed by atoms with Gasteiger partial charge in [-0.05, 0) is 55.7 Å². The van der Waals surface area contributed by atoms with Crippen molar-refractivity contribution < 1.29 is 42.8 Å². The van der Waals surface area contributed by atoms with Crippen LogP contribution in [-0.2, 0) is 39.5 Å². The van der Waals surface area contributed by atoms with Gasteiger partial charge in [-0.1, -0.05) is 36.3 Å². The molecule has 4 heterocycles. The molecular weight excluding hydrogens is 739 g/mol. The standard InChI is InChI=1S/C37H52ClN6O9P/c1-2-15-48-17-19-50-21-22-51-20-18-49-16-14-42(24-29-6-4-3-5-7-29)30-10-12-37(13-11-30)26-43(27-37)34-32-23-39-44(35(32)41-36(38)40-34)33-9-8-31(53-33)25-52-28-54(45,46)47/h1,3-7,23,30-31,33H,8-22,24-28H2,(H2,45,46,47)/t31?,33-/m1/s1. The monoisotopic (exact) mass is 790 g/mol. The second-order valence-electron chi connectivity index (χ2n) is 14.2. The van der Waals surface area contributed by atoms with Crippen molar-refractivity contribution in [1.29, 1.82) is 0 Å². The van der Waals surface area contributed by atoms with E-state index >= 15 is 0 Å². The molecule has 0 radical (unpaired) electrons. The Balaban J connectivity index is 0.962. The molecule has 0 bridgehead atoms. The Hall–Kier alpha value is -2.71. The van der Waals surface area contributed by atoms with Crippen LogP contribution in [0.2, 0.25) is 5.28 Å². The minimum absolute atomic E-state index is 0.0927. The number of halogens is 1. The van der Waals surface area contributed by atoms with Crippen molar-refractivity contribution in [2.24, 2.45) is 5.41 Å². The van der Waals surface area contributed by atoms with Crippen LogP contribution in [0.3, 0.4) is 0 Å². The highest BCUT2D eigenvalue weighted by Gasteiger charge is 2.47. The van der Waals surface area contributed by atoms with Gasteiger partial charge in [-0.25, -0.2) is 4.68 Å². The molecule has 1 aromatic carbocycles. The quantitative estimate of drug-likeness (QED) is 0.0643. The van der Waals surface area contributed by atoms with Crippen molar-refractivity contribution in [2.45, 2.75) is 63.4 Å². The van der Waals surface area contributed by atoms with Crippen LogP contribution in [0.5, 0.6) is 0 Å². The smallest absolute Gasteiger partial charge is 0.350 e. The molecule has 54 heavy (non-hydrogen) atoms. The molecule has 2 atom stereocenters. The summed E-state index contributed by atoms with van der Waals surface area (Å²) in [7, 11) is -4.23. The first-order valence-corrected chi connectivity index (χ1v) is 20.9. The van der Waals surface area contributed by atoms with Crippen LogP contribution < -0.4 is 4.90 Å². The molecule has 6 rings (SSSR count). The number of hydrogen-bond donors (Lipinski definition) is 2. The number of benzene rings is 1. The summed E-state index contributed by atoms with van der Waals surface area (Å²) in [4.78, 5) is 32.2. The summed E-state index contributed by atoms with van der Waals surface area (Å²) in [5, 5.41) is 5.59. The zero-order valence-corrected chi connectivity index (χ0v) is 32.3. The first-order chi connectivity index (χ1) is 26.2. The predicted octanol–water partition coefficient (Wildman–Crippen LogP) is 4.26. The molecule has 1 saturated carbocycles. The van der Waals surface area contributed by atoms with Gasteiger partial charge in [0.05, 0.1) is 70.5 Å². The lowest BCUT2D eigenvalue weighted by Crippen LogP contribution is -2.59. The van der Waals surface area contributed by atoms with E-state index in [1.165, 1.54) is 5.56 Å². The molecule has 2 N–H and O–H groups in total. The number of terminal acetylenes is 1. The molecule has 2 saturated heterocycles. The second-order valence-corrected chi connectivity index (χ2v) is 16.2. The van der Waals surface area contributed by atoms with Gasteiger partial charge in [-0.15, -0.1) is 6.42 Å². The number of nitrogens with zero attached hydrogens (tertiary/aromatic N) is 6. The van der Waals surface area contributed by atoms with Crippen LogP contribution in [-0.4, -0.2) is 132 Å². The van der Waals surface area contributed by atoms with Crippen molar-refractivity contribution in [3.63, 3.8) is 0 Å². The summed E-state index contributed by atoms with van der Waals surface area (Å²) in [6.45, 7) is 7.64. The van der Waals surface area contributed by atoms with E-state index in [9.17, 15) is 4.57 Å². The zero-order chi connectivity index (χ0) is 37.8. The minimum atomic E-state index is -4.23. The maximum absolute atomic E-state index is 11.1. The van der Waals surface area contributed by atoms with Crippen LogP contribution in [0.15, 0.2) is 36.5 Å². The maximum atomic E-state index is 11.1. The highest BCUT2D eigenvalue weighted by Crippen LogP contribution is 2.47. The lowest BCUT2D eigenvalue weighted by Gasteiger charge is -2.55. The molecule has 2 aliphatic heterocycles. The molecular formula is C37H52ClN6O9P. The summed E-state index contributed by atoms with van der Waals surface area (Å²) >= 11 is 6.47. The number of hydrogen-bond acceptors (Lipinski definition) is 12. The molecule has 296 valence electrons. The molecule has 17 heteroatoms. The highest BCUT2D eigenvalue weighted by molar-refractivity contribution is 7.51. The van der Waals surface area contributed by atoms with Gasteiger partial charge < -0.3 is 43.1 Å². The lowest BCUT2D eigenvalue weighted by atomic mass is 9.67. The molecule has 2 aromatic heterocycles. The van der Waals surface area contributed by atoms with E-state index in [-0.39, 0.29) is 29.6 Å². The van der Waals surface area contributed by atoms with Gasteiger partial charge >= 0.3 is 7.60 Å². The Morgan fingerprint density at radius 3 is 2.31 bits per heavy atom. The lowest BCUT2D eigenvalue weighted by molar-refractivity contribution is -0.0391. The third-order valence-corrected chi connectivity index (χ3v) is 11.0. The average molecular weight is 791 g/mol. The number of rotatable bonds is 22. The van der Waals surface area contributed by atoms with Gasteiger partial charge in [-0.2, -0.15) is 15.1 Å². The number of aromatic nitrogens is 4. The van der Waals surface area contributed by atoms with E-state index in [0.29, 0.717) is 77.4 Å². The molecule has 3 fully saturated rings.